The molecule has 2 saturated heterocycles. The lowest BCUT2D eigenvalue weighted by Crippen LogP contribution is -2.53. The lowest BCUT2D eigenvalue weighted by atomic mass is 9.84. The predicted molar refractivity (Wildman–Crippen MR) is 66.7 cm³/mol. The highest BCUT2D eigenvalue weighted by Crippen LogP contribution is 2.27. The fourth-order valence-corrected chi connectivity index (χ4v) is 3.80. The van der Waals surface area contributed by atoms with Crippen molar-refractivity contribution in [3.63, 3.8) is 0 Å². The Hall–Kier alpha value is -0.660. The molecule has 0 aromatic rings. The van der Waals surface area contributed by atoms with Crippen molar-refractivity contribution in [2.24, 2.45) is 11.1 Å². The maximum Gasteiger partial charge on any atom is 0.230 e. The van der Waals surface area contributed by atoms with Gasteiger partial charge < -0.3 is 15.8 Å². The highest BCUT2D eigenvalue weighted by Gasteiger charge is 2.45. The summed E-state index contributed by atoms with van der Waals surface area (Å²) in [5, 5.41) is 2.91. The first kappa shape index (κ1) is 13.8. The van der Waals surface area contributed by atoms with Gasteiger partial charge in [-0.05, 0) is 19.8 Å². The summed E-state index contributed by atoms with van der Waals surface area (Å²) in [6, 6.07) is -0.365. The van der Waals surface area contributed by atoms with Crippen LogP contribution in [0, 0.1) is 5.41 Å². The van der Waals surface area contributed by atoms with Crippen molar-refractivity contribution < 1.29 is 17.9 Å². The number of sulfone groups is 1. The molecular formula is C11H20N2O4S. The van der Waals surface area contributed by atoms with Crippen LogP contribution in [0.25, 0.3) is 0 Å². The molecule has 2 unspecified atom stereocenters. The number of carbonyl (C=O) groups is 1. The summed E-state index contributed by atoms with van der Waals surface area (Å²) in [4.78, 5) is 12.2. The maximum atomic E-state index is 12.2. The van der Waals surface area contributed by atoms with Gasteiger partial charge in [-0.25, -0.2) is 8.42 Å². The van der Waals surface area contributed by atoms with E-state index in [1.807, 2.05) is 0 Å². The third-order valence-corrected chi connectivity index (χ3v) is 5.64. The van der Waals surface area contributed by atoms with Crippen molar-refractivity contribution in [2.45, 2.75) is 31.8 Å². The minimum Gasteiger partial charge on any atom is -0.379 e. The third kappa shape index (κ3) is 2.67. The standard InChI is InChI=1S/C11H20N2O4S/c1-11(7-17-6-9(11)12)10(14)13-8-2-4-18(15,16)5-3-8/h8-9H,2-7,12H2,1H3,(H,13,14). The highest BCUT2D eigenvalue weighted by atomic mass is 32.2. The van der Waals surface area contributed by atoms with E-state index in [2.05, 4.69) is 5.32 Å². The summed E-state index contributed by atoms with van der Waals surface area (Å²) in [7, 11) is -2.90. The van der Waals surface area contributed by atoms with Crippen molar-refractivity contribution in [3.05, 3.63) is 0 Å². The van der Waals surface area contributed by atoms with Gasteiger partial charge in [-0.15, -0.1) is 0 Å². The molecule has 3 N–H and O–H groups in total. The molecule has 6 nitrogen and oxygen atoms in total. The zero-order valence-corrected chi connectivity index (χ0v) is 11.3. The molecule has 0 bridgehead atoms. The second kappa shape index (κ2) is 4.79. The number of rotatable bonds is 2. The second-order valence-electron chi connectivity index (χ2n) is 5.44. The summed E-state index contributed by atoms with van der Waals surface area (Å²) < 4.78 is 27.8. The van der Waals surface area contributed by atoms with Crippen LogP contribution in [0.1, 0.15) is 19.8 Å². The monoisotopic (exact) mass is 276 g/mol. The van der Waals surface area contributed by atoms with Gasteiger partial charge in [0.2, 0.25) is 5.91 Å². The smallest absolute Gasteiger partial charge is 0.230 e. The molecule has 2 atom stereocenters. The summed E-state index contributed by atoms with van der Waals surface area (Å²) in [5.74, 6) is 0.172. The summed E-state index contributed by atoms with van der Waals surface area (Å²) in [5.41, 5.74) is 5.18. The van der Waals surface area contributed by atoms with Crippen molar-refractivity contribution in [1.82, 2.24) is 5.32 Å². The normalized spacial score (nSPS) is 36.4. The molecule has 0 radical (unpaired) electrons. The number of hydrogen-bond acceptors (Lipinski definition) is 5. The number of nitrogens with two attached hydrogens (primary N) is 1. The first-order valence-electron chi connectivity index (χ1n) is 6.18. The predicted octanol–water partition coefficient (Wildman–Crippen LogP) is -0.956. The van der Waals surface area contributed by atoms with E-state index in [0.717, 1.165) is 0 Å². The van der Waals surface area contributed by atoms with E-state index >= 15 is 0 Å². The molecule has 2 aliphatic heterocycles. The molecular weight excluding hydrogens is 256 g/mol. The van der Waals surface area contributed by atoms with Crippen LogP contribution in [-0.4, -0.2) is 51.1 Å². The second-order valence-corrected chi connectivity index (χ2v) is 7.74. The molecule has 2 aliphatic rings. The van der Waals surface area contributed by atoms with Gasteiger partial charge in [0.1, 0.15) is 9.84 Å². The van der Waals surface area contributed by atoms with Crippen molar-refractivity contribution in [3.8, 4) is 0 Å². The molecule has 2 heterocycles. The lowest BCUT2D eigenvalue weighted by molar-refractivity contribution is -0.131. The van der Waals surface area contributed by atoms with Gasteiger partial charge >= 0.3 is 0 Å². The Labute approximate surface area is 107 Å². The molecule has 1 amide bonds. The molecule has 104 valence electrons. The molecule has 2 rings (SSSR count). The molecule has 0 spiro atoms. The topological polar surface area (TPSA) is 98.5 Å². The van der Waals surface area contributed by atoms with Crippen LogP contribution in [0.15, 0.2) is 0 Å². The Balaban J connectivity index is 1.93. The minimum atomic E-state index is -2.90. The van der Waals surface area contributed by atoms with Crippen LogP contribution in [0.3, 0.4) is 0 Å². The highest BCUT2D eigenvalue weighted by molar-refractivity contribution is 7.91. The zero-order chi connectivity index (χ0) is 13.4. The van der Waals surface area contributed by atoms with Crippen LogP contribution >= 0.6 is 0 Å². The largest absolute Gasteiger partial charge is 0.379 e. The quantitative estimate of drug-likeness (QED) is 0.677. The van der Waals surface area contributed by atoms with E-state index in [1.165, 1.54) is 0 Å². The van der Waals surface area contributed by atoms with E-state index in [0.29, 0.717) is 26.1 Å². The number of amides is 1. The molecule has 0 aromatic heterocycles. The summed E-state index contributed by atoms with van der Waals surface area (Å²) in [6.07, 6.45) is 0.973. The average Bonchev–Trinajstić information content (AvgIpc) is 2.64. The van der Waals surface area contributed by atoms with E-state index in [-0.39, 0.29) is 29.5 Å². The number of carbonyl (C=O) groups excluding carboxylic acids is 1. The van der Waals surface area contributed by atoms with E-state index in [4.69, 9.17) is 10.5 Å². The van der Waals surface area contributed by atoms with Gasteiger partial charge in [-0.1, -0.05) is 0 Å². The van der Waals surface area contributed by atoms with Crippen molar-refractivity contribution in [2.75, 3.05) is 24.7 Å². The molecule has 7 heteroatoms. The Morgan fingerprint density at radius 2 is 2.00 bits per heavy atom. The number of ether oxygens (including phenoxy) is 1. The average molecular weight is 276 g/mol. The van der Waals surface area contributed by atoms with E-state index in [9.17, 15) is 13.2 Å². The van der Waals surface area contributed by atoms with Crippen LogP contribution in [0.5, 0.6) is 0 Å². The van der Waals surface area contributed by atoms with Crippen LogP contribution in [-0.2, 0) is 19.4 Å². The lowest BCUT2D eigenvalue weighted by Gasteiger charge is -2.30. The van der Waals surface area contributed by atoms with Crippen LogP contribution in [0.2, 0.25) is 0 Å². The molecule has 0 aromatic carbocycles. The number of hydrogen-bond donors (Lipinski definition) is 2. The zero-order valence-electron chi connectivity index (χ0n) is 10.5. The SMILES string of the molecule is CC1(C(=O)NC2CCS(=O)(=O)CC2)COCC1N. The van der Waals surface area contributed by atoms with Gasteiger partial charge in [0.15, 0.2) is 0 Å². The number of nitrogens with one attached hydrogen (secondary N) is 1. The van der Waals surface area contributed by atoms with Gasteiger partial charge in [0.25, 0.3) is 0 Å². The Morgan fingerprint density at radius 1 is 1.39 bits per heavy atom. The first-order chi connectivity index (χ1) is 8.33. The summed E-state index contributed by atoms with van der Waals surface area (Å²) in [6.45, 7) is 2.51. The maximum absolute atomic E-state index is 12.2. The molecule has 18 heavy (non-hydrogen) atoms. The molecule has 2 fully saturated rings. The van der Waals surface area contributed by atoms with E-state index < -0.39 is 15.3 Å². The van der Waals surface area contributed by atoms with Gasteiger partial charge in [0.05, 0.1) is 30.1 Å². The first-order valence-corrected chi connectivity index (χ1v) is 8.00. The molecule has 0 saturated carbocycles. The van der Waals surface area contributed by atoms with E-state index in [1.54, 1.807) is 6.92 Å². The molecule has 0 aliphatic carbocycles. The Kier molecular flexibility index (Phi) is 3.66. The third-order valence-electron chi connectivity index (χ3n) is 3.93. The van der Waals surface area contributed by atoms with Crippen LogP contribution < -0.4 is 11.1 Å². The van der Waals surface area contributed by atoms with Gasteiger partial charge in [0, 0.05) is 12.1 Å². The van der Waals surface area contributed by atoms with Gasteiger partial charge in [-0.2, -0.15) is 0 Å². The fourth-order valence-electron chi connectivity index (χ4n) is 2.31. The van der Waals surface area contributed by atoms with Crippen molar-refractivity contribution in [1.29, 1.82) is 0 Å². The Morgan fingerprint density at radius 3 is 2.50 bits per heavy atom. The minimum absolute atomic E-state index is 0.0642. The Bertz CT molecular complexity index is 422. The fraction of sp³-hybridized carbons (Fsp3) is 0.909. The van der Waals surface area contributed by atoms with Crippen molar-refractivity contribution >= 4 is 15.7 Å². The van der Waals surface area contributed by atoms with Gasteiger partial charge in [-0.3, -0.25) is 4.79 Å². The van der Waals surface area contributed by atoms with Crippen LogP contribution in [0.4, 0.5) is 0 Å². The summed E-state index contributed by atoms with van der Waals surface area (Å²) >= 11 is 0.